The second-order valence-corrected chi connectivity index (χ2v) is 9.52. The standard InChI is InChI=1S/C27H51N3O/c1-5-7-8-9-10-11-12-13-14-15-16-17-18-19-20-21-22-27-28-23-24-30(27,6-2)25(3)29-26(4)31/h9-10,23,25,27H,5-8,11-22,24H2,1-4H3/p+1/b10-9+. The Balaban J connectivity index is 2.01. The fourth-order valence-electron chi connectivity index (χ4n) is 4.92. The van der Waals surface area contributed by atoms with Crippen molar-refractivity contribution in [2.75, 3.05) is 13.1 Å². The Morgan fingerprint density at radius 3 is 2.06 bits per heavy atom. The molecule has 1 amide bonds. The van der Waals surface area contributed by atoms with Gasteiger partial charge in [0.25, 0.3) is 0 Å². The van der Waals surface area contributed by atoms with Crippen LogP contribution in [0.15, 0.2) is 17.1 Å². The summed E-state index contributed by atoms with van der Waals surface area (Å²) in [5.41, 5.74) is 0. The van der Waals surface area contributed by atoms with Gasteiger partial charge in [-0.2, -0.15) is 0 Å². The molecular weight excluding hydrogens is 382 g/mol. The first-order chi connectivity index (χ1) is 15.1. The second kappa shape index (κ2) is 17.4. The number of unbranched alkanes of at least 4 members (excludes halogenated alkanes) is 12. The third-order valence-electron chi connectivity index (χ3n) is 7.04. The molecule has 0 aromatic carbocycles. The van der Waals surface area contributed by atoms with Gasteiger partial charge in [0.2, 0.25) is 5.91 Å². The average molecular weight is 435 g/mol. The lowest BCUT2D eigenvalue weighted by Crippen LogP contribution is -2.63. The molecule has 0 aromatic rings. The summed E-state index contributed by atoms with van der Waals surface area (Å²) in [6.07, 6.45) is 27.3. The van der Waals surface area contributed by atoms with E-state index in [1.54, 1.807) is 6.92 Å². The zero-order valence-corrected chi connectivity index (χ0v) is 21.2. The highest BCUT2D eigenvalue weighted by Crippen LogP contribution is 2.27. The molecule has 3 atom stereocenters. The van der Waals surface area contributed by atoms with Gasteiger partial charge in [-0.05, 0) is 32.6 Å². The minimum absolute atomic E-state index is 0.0587. The highest BCUT2D eigenvalue weighted by molar-refractivity contribution is 5.73. The minimum atomic E-state index is 0.0587. The zero-order valence-electron chi connectivity index (χ0n) is 21.2. The van der Waals surface area contributed by atoms with E-state index < -0.39 is 0 Å². The number of allylic oxidation sites excluding steroid dienone is 2. The van der Waals surface area contributed by atoms with Crippen molar-refractivity contribution in [1.82, 2.24) is 5.32 Å². The van der Waals surface area contributed by atoms with E-state index in [1.807, 2.05) is 0 Å². The van der Waals surface area contributed by atoms with Crippen LogP contribution in [0.2, 0.25) is 0 Å². The fraction of sp³-hybridized carbons (Fsp3) is 0.852. The number of nitrogens with one attached hydrogen (secondary N) is 1. The average Bonchev–Trinajstić information content (AvgIpc) is 3.17. The number of carbonyl (C=O) groups excluding carboxylic acids is 1. The topological polar surface area (TPSA) is 41.5 Å². The Bertz CT molecular complexity index is 517. The molecule has 0 aromatic heterocycles. The maximum atomic E-state index is 11.5. The van der Waals surface area contributed by atoms with Crippen molar-refractivity contribution in [3.63, 3.8) is 0 Å². The van der Waals surface area contributed by atoms with Crippen LogP contribution in [0.4, 0.5) is 0 Å². The molecule has 0 radical (unpaired) electrons. The fourth-order valence-corrected chi connectivity index (χ4v) is 4.92. The molecule has 1 aliphatic heterocycles. The van der Waals surface area contributed by atoms with Crippen LogP contribution < -0.4 is 5.32 Å². The Morgan fingerprint density at radius 2 is 1.52 bits per heavy atom. The van der Waals surface area contributed by atoms with Crippen LogP contribution in [-0.4, -0.2) is 42.0 Å². The summed E-state index contributed by atoms with van der Waals surface area (Å²) in [7, 11) is 0. The number of quaternary nitrogens is 1. The highest BCUT2D eigenvalue weighted by atomic mass is 16.1. The van der Waals surface area contributed by atoms with Crippen LogP contribution in [-0.2, 0) is 4.79 Å². The highest BCUT2D eigenvalue weighted by Gasteiger charge is 2.42. The summed E-state index contributed by atoms with van der Waals surface area (Å²) >= 11 is 0. The molecule has 0 bridgehead atoms. The molecule has 0 spiro atoms. The third-order valence-corrected chi connectivity index (χ3v) is 7.04. The number of amides is 1. The van der Waals surface area contributed by atoms with Gasteiger partial charge >= 0.3 is 0 Å². The van der Waals surface area contributed by atoms with E-state index in [0.29, 0.717) is 6.17 Å². The number of hydrogen-bond acceptors (Lipinski definition) is 2. The lowest BCUT2D eigenvalue weighted by Gasteiger charge is -2.42. The van der Waals surface area contributed by atoms with Crippen LogP contribution in [0.5, 0.6) is 0 Å². The van der Waals surface area contributed by atoms with E-state index in [-0.39, 0.29) is 12.1 Å². The molecule has 180 valence electrons. The summed E-state index contributed by atoms with van der Waals surface area (Å²) in [6, 6.07) is 0. The SMILES string of the molecule is CCCC/C=C/CCCCCCCCCCCCC1N=CC[N+]1(CC)C(C)NC(C)=O. The zero-order chi connectivity index (χ0) is 22.8. The van der Waals surface area contributed by atoms with E-state index in [0.717, 1.165) is 24.0 Å². The minimum Gasteiger partial charge on any atom is -0.307 e. The van der Waals surface area contributed by atoms with Gasteiger partial charge in [0, 0.05) is 20.3 Å². The summed E-state index contributed by atoms with van der Waals surface area (Å²) in [5.74, 6) is 0.0587. The number of rotatable bonds is 19. The van der Waals surface area contributed by atoms with Gasteiger partial charge in [-0.15, -0.1) is 0 Å². The summed E-state index contributed by atoms with van der Waals surface area (Å²) in [5, 5.41) is 3.11. The van der Waals surface area contributed by atoms with Crippen molar-refractivity contribution in [2.45, 2.75) is 136 Å². The molecule has 1 aliphatic rings. The Kier molecular flexibility index (Phi) is 15.6. The van der Waals surface area contributed by atoms with E-state index in [9.17, 15) is 4.79 Å². The predicted octanol–water partition coefficient (Wildman–Crippen LogP) is 7.14. The van der Waals surface area contributed by atoms with Crippen LogP contribution in [0.3, 0.4) is 0 Å². The number of nitrogens with zero attached hydrogens (tertiary/aromatic N) is 2. The molecule has 0 fully saturated rings. The molecule has 0 saturated carbocycles. The van der Waals surface area contributed by atoms with E-state index >= 15 is 0 Å². The first-order valence-electron chi connectivity index (χ1n) is 13.4. The third kappa shape index (κ3) is 11.3. The van der Waals surface area contributed by atoms with Crippen molar-refractivity contribution in [3.05, 3.63) is 12.2 Å². The summed E-state index contributed by atoms with van der Waals surface area (Å²) in [6.45, 7) is 10.2. The molecular formula is C27H52N3O+. The molecule has 0 aliphatic carbocycles. The largest absolute Gasteiger partial charge is 0.307 e. The normalized spacial score (nSPS) is 21.7. The maximum Gasteiger partial charge on any atom is 0.221 e. The van der Waals surface area contributed by atoms with Crippen molar-refractivity contribution in [3.8, 4) is 0 Å². The first kappa shape index (κ1) is 27.9. The summed E-state index contributed by atoms with van der Waals surface area (Å²) in [4.78, 5) is 16.3. The number of aliphatic imine (C=N–C) groups is 1. The lowest BCUT2D eigenvalue weighted by atomic mass is 10.0. The van der Waals surface area contributed by atoms with Gasteiger partial charge in [-0.25, -0.2) is 4.99 Å². The van der Waals surface area contributed by atoms with Gasteiger partial charge in [0.05, 0.1) is 12.8 Å². The van der Waals surface area contributed by atoms with Crippen molar-refractivity contribution in [2.24, 2.45) is 4.99 Å². The van der Waals surface area contributed by atoms with Crippen LogP contribution in [0.1, 0.15) is 124 Å². The molecule has 4 heteroatoms. The predicted molar refractivity (Wildman–Crippen MR) is 135 cm³/mol. The van der Waals surface area contributed by atoms with Crippen molar-refractivity contribution < 1.29 is 9.28 Å². The maximum absolute atomic E-state index is 11.5. The molecule has 0 saturated heterocycles. The summed E-state index contributed by atoms with van der Waals surface area (Å²) < 4.78 is 0.883. The van der Waals surface area contributed by atoms with Crippen LogP contribution in [0, 0.1) is 0 Å². The van der Waals surface area contributed by atoms with Gasteiger partial charge in [-0.1, -0.05) is 83.3 Å². The molecule has 31 heavy (non-hydrogen) atoms. The van der Waals surface area contributed by atoms with Crippen LogP contribution in [0.25, 0.3) is 0 Å². The van der Waals surface area contributed by atoms with Gasteiger partial charge < -0.3 is 5.32 Å². The first-order valence-corrected chi connectivity index (χ1v) is 13.4. The quantitative estimate of drug-likeness (QED) is 0.131. The van der Waals surface area contributed by atoms with Crippen molar-refractivity contribution in [1.29, 1.82) is 0 Å². The van der Waals surface area contributed by atoms with Crippen LogP contribution >= 0.6 is 0 Å². The molecule has 3 unspecified atom stereocenters. The van der Waals surface area contributed by atoms with Gasteiger partial charge in [-0.3, -0.25) is 9.28 Å². The second-order valence-electron chi connectivity index (χ2n) is 9.52. The van der Waals surface area contributed by atoms with E-state index in [1.165, 1.54) is 89.9 Å². The lowest BCUT2D eigenvalue weighted by molar-refractivity contribution is -0.959. The van der Waals surface area contributed by atoms with E-state index in [2.05, 4.69) is 44.5 Å². The van der Waals surface area contributed by atoms with E-state index in [4.69, 9.17) is 4.99 Å². The number of hydrogen-bond donors (Lipinski definition) is 1. The molecule has 1 heterocycles. The molecule has 4 nitrogen and oxygen atoms in total. The number of carbonyl (C=O) groups is 1. The smallest absolute Gasteiger partial charge is 0.221 e. The molecule has 1 N–H and O–H groups in total. The van der Waals surface area contributed by atoms with Crippen molar-refractivity contribution >= 4 is 12.1 Å². The Labute approximate surface area is 193 Å². The molecule has 1 rings (SSSR count). The van der Waals surface area contributed by atoms with Gasteiger partial charge in [0.15, 0.2) is 12.3 Å². The Hall–Kier alpha value is -1.16. The Morgan fingerprint density at radius 1 is 0.968 bits per heavy atom. The van der Waals surface area contributed by atoms with Gasteiger partial charge in [0.1, 0.15) is 6.54 Å². The monoisotopic (exact) mass is 434 g/mol.